The Hall–Kier alpha value is -3.54. The van der Waals surface area contributed by atoms with E-state index in [1.165, 1.54) is 0 Å². The minimum Gasteiger partial charge on any atom is -0.497 e. The number of benzene rings is 2. The highest BCUT2D eigenvalue weighted by Crippen LogP contribution is 2.26. The number of carbonyl (C=O) groups excluding carboxylic acids is 1. The first-order valence-corrected chi connectivity index (χ1v) is 8.22. The lowest BCUT2D eigenvalue weighted by Gasteiger charge is -2.07. The second-order valence-electron chi connectivity index (χ2n) is 5.61. The first-order valence-electron chi connectivity index (χ1n) is 8.22. The van der Waals surface area contributed by atoms with E-state index < -0.39 is 5.97 Å². The van der Waals surface area contributed by atoms with E-state index in [-0.39, 0.29) is 11.6 Å². The molecule has 1 heterocycles. The normalized spacial score (nSPS) is 14.5. The summed E-state index contributed by atoms with van der Waals surface area (Å²) in [5, 5.41) is 0. The molecule has 1 aliphatic rings. The second-order valence-corrected chi connectivity index (χ2v) is 5.61. The predicted octanol–water partition coefficient (Wildman–Crippen LogP) is 3.61. The molecule has 0 aromatic heterocycles. The van der Waals surface area contributed by atoms with Crippen LogP contribution in [0.4, 0.5) is 0 Å². The van der Waals surface area contributed by atoms with E-state index in [1.807, 2.05) is 24.3 Å². The van der Waals surface area contributed by atoms with Gasteiger partial charge in [0, 0.05) is 11.6 Å². The summed E-state index contributed by atoms with van der Waals surface area (Å²) in [4.78, 5) is 16.5. The van der Waals surface area contributed by atoms with Crippen LogP contribution in [0.3, 0.4) is 0 Å². The van der Waals surface area contributed by atoms with Crippen molar-refractivity contribution < 1.29 is 23.7 Å². The van der Waals surface area contributed by atoms with E-state index in [0.717, 1.165) is 11.3 Å². The van der Waals surface area contributed by atoms with Crippen LogP contribution >= 0.6 is 0 Å². The Labute approximate surface area is 157 Å². The largest absolute Gasteiger partial charge is 0.497 e. The maximum Gasteiger partial charge on any atom is 0.363 e. The molecule has 0 N–H and O–H groups in total. The number of hydrogen-bond donors (Lipinski definition) is 0. The molecule has 6 heteroatoms. The summed E-state index contributed by atoms with van der Waals surface area (Å²) in [6, 6.07) is 12.5. The first kappa shape index (κ1) is 18.3. The fourth-order valence-electron chi connectivity index (χ4n) is 2.44. The third-order valence-electron chi connectivity index (χ3n) is 3.77. The Morgan fingerprint density at radius 3 is 2.30 bits per heavy atom. The molecule has 27 heavy (non-hydrogen) atoms. The van der Waals surface area contributed by atoms with Gasteiger partial charge in [0.15, 0.2) is 5.70 Å². The van der Waals surface area contributed by atoms with E-state index in [2.05, 4.69) is 11.6 Å². The molecule has 2 aromatic rings. The maximum absolute atomic E-state index is 12.2. The van der Waals surface area contributed by atoms with Crippen molar-refractivity contribution >= 4 is 17.9 Å². The highest BCUT2D eigenvalue weighted by molar-refractivity contribution is 6.13. The van der Waals surface area contributed by atoms with Crippen molar-refractivity contribution in [2.75, 3.05) is 20.8 Å². The molecule has 0 radical (unpaired) electrons. The van der Waals surface area contributed by atoms with Crippen LogP contribution < -0.4 is 14.2 Å². The van der Waals surface area contributed by atoms with Crippen molar-refractivity contribution in [3.8, 4) is 17.2 Å². The van der Waals surface area contributed by atoms with Crippen molar-refractivity contribution in [1.82, 2.24) is 0 Å². The van der Waals surface area contributed by atoms with E-state index >= 15 is 0 Å². The van der Waals surface area contributed by atoms with Crippen LogP contribution in [0.25, 0.3) is 6.08 Å². The van der Waals surface area contributed by atoms with Crippen LogP contribution in [0.5, 0.6) is 17.2 Å². The zero-order valence-electron chi connectivity index (χ0n) is 15.1. The van der Waals surface area contributed by atoms with Crippen LogP contribution in [-0.2, 0) is 9.53 Å². The second kappa shape index (κ2) is 8.23. The number of aliphatic imine (C=N–C) groups is 1. The Balaban J connectivity index is 1.85. The van der Waals surface area contributed by atoms with Gasteiger partial charge in [-0.15, -0.1) is 0 Å². The fraction of sp³-hybridized carbons (Fsp3) is 0.143. The average Bonchev–Trinajstić information content (AvgIpc) is 3.07. The van der Waals surface area contributed by atoms with Gasteiger partial charge in [0.1, 0.15) is 23.9 Å². The van der Waals surface area contributed by atoms with Crippen molar-refractivity contribution in [2.24, 2.45) is 4.99 Å². The van der Waals surface area contributed by atoms with Crippen LogP contribution in [-0.4, -0.2) is 32.7 Å². The Morgan fingerprint density at radius 2 is 1.70 bits per heavy atom. The molecule has 3 rings (SSSR count). The molecule has 2 aromatic carbocycles. The van der Waals surface area contributed by atoms with Gasteiger partial charge in [-0.25, -0.2) is 9.79 Å². The van der Waals surface area contributed by atoms with Gasteiger partial charge in [0.25, 0.3) is 0 Å². The van der Waals surface area contributed by atoms with Gasteiger partial charge in [0.05, 0.1) is 14.2 Å². The van der Waals surface area contributed by atoms with Crippen molar-refractivity contribution in [2.45, 2.75) is 0 Å². The highest BCUT2D eigenvalue weighted by atomic mass is 16.6. The molecule has 0 fully saturated rings. The minimum atomic E-state index is -0.515. The lowest BCUT2D eigenvalue weighted by atomic mass is 10.2. The third-order valence-corrected chi connectivity index (χ3v) is 3.77. The van der Waals surface area contributed by atoms with Crippen molar-refractivity contribution in [3.63, 3.8) is 0 Å². The number of hydrogen-bond acceptors (Lipinski definition) is 6. The zero-order chi connectivity index (χ0) is 19.2. The van der Waals surface area contributed by atoms with E-state index in [4.69, 9.17) is 18.9 Å². The van der Waals surface area contributed by atoms with Gasteiger partial charge in [-0.05, 0) is 35.9 Å². The van der Waals surface area contributed by atoms with Crippen LogP contribution in [0.2, 0.25) is 0 Å². The molecular formula is C21H19NO5. The minimum absolute atomic E-state index is 0.203. The summed E-state index contributed by atoms with van der Waals surface area (Å²) in [6.45, 7) is 4.04. The number of carbonyl (C=O) groups is 1. The lowest BCUT2D eigenvalue weighted by molar-refractivity contribution is -0.129. The number of methoxy groups -OCH3 is 2. The molecule has 0 unspecified atom stereocenters. The van der Waals surface area contributed by atoms with Gasteiger partial charge >= 0.3 is 5.97 Å². The third kappa shape index (κ3) is 4.36. The maximum atomic E-state index is 12.2. The number of cyclic esters (lactones) is 1. The molecule has 0 saturated heterocycles. The van der Waals surface area contributed by atoms with Gasteiger partial charge < -0.3 is 18.9 Å². The smallest absolute Gasteiger partial charge is 0.363 e. The molecule has 0 saturated carbocycles. The van der Waals surface area contributed by atoms with Crippen LogP contribution in [0.15, 0.2) is 65.8 Å². The standard InChI is InChI=1S/C21H19NO5/c1-4-9-26-16-7-5-14(6-8-16)10-19-21(23)27-20(22-19)15-11-17(24-2)13-18(12-15)25-3/h4-8,10-13H,1,9H2,2-3H3/b19-10+. The summed E-state index contributed by atoms with van der Waals surface area (Å²) in [5.74, 6) is 1.57. The van der Waals surface area contributed by atoms with Gasteiger partial charge in [-0.3, -0.25) is 0 Å². The summed E-state index contributed by atoms with van der Waals surface area (Å²) < 4.78 is 21.2. The Kier molecular flexibility index (Phi) is 5.56. The predicted molar refractivity (Wildman–Crippen MR) is 102 cm³/mol. The van der Waals surface area contributed by atoms with E-state index in [9.17, 15) is 4.79 Å². The molecule has 0 atom stereocenters. The topological polar surface area (TPSA) is 66.3 Å². The lowest BCUT2D eigenvalue weighted by Crippen LogP contribution is -2.06. The summed E-state index contributed by atoms with van der Waals surface area (Å²) in [7, 11) is 3.10. The SMILES string of the molecule is C=CCOc1ccc(/C=C2/N=C(c3cc(OC)cc(OC)c3)OC2=O)cc1. The molecule has 0 bridgehead atoms. The van der Waals surface area contributed by atoms with Crippen LogP contribution in [0.1, 0.15) is 11.1 Å². The molecule has 138 valence electrons. The molecule has 0 amide bonds. The van der Waals surface area contributed by atoms with Gasteiger partial charge in [0.2, 0.25) is 5.90 Å². The average molecular weight is 365 g/mol. The summed E-state index contributed by atoms with van der Waals surface area (Å²) in [5.41, 5.74) is 1.61. The van der Waals surface area contributed by atoms with Crippen LogP contribution in [0, 0.1) is 0 Å². The number of ether oxygens (including phenoxy) is 4. The van der Waals surface area contributed by atoms with Crippen molar-refractivity contribution in [3.05, 3.63) is 71.9 Å². The highest BCUT2D eigenvalue weighted by Gasteiger charge is 2.25. The van der Waals surface area contributed by atoms with E-state index in [0.29, 0.717) is 23.7 Å². The first-order chi connectivity index (χ1) is 13.1. The molecule has 6 nitrogen and oxygen atoms in total. The van der Waals surface area contributed by atoms with Gasteiger partial charge in [-0.1, -0.05) is 24.8 Å². The van der Waals surface area contributed by atoms with E-state index in [1.54, 1.807) is 44.6 Å². The quantitative estimate of drug-likeness (QED) is 0.426. The number of esters is 1. The molecule has 0 aliphatic carbocycles. The Bertz CT molecular complexity index is 890. The Morgan fingerprint density at radius 1 is 1.04 bits per heavy atom. The summed E-state index contributed by atoms with van der Waals surface area (Å²) in [6.07, 6.45) is 3.33. The zero-order valence-corrected chi connectivity index (χ0v) is 15.1. The molecule has 0 spiro atoms. The molecular weight excluding hydrogens is 346 g/mol. The number of nitrogens with zero attached hydrogens (tertiary/aromatic N) is 1. The van der Waals surface area contributed by atoms with Gasteiger partial charge in [-0.2, -0.15) is 0 Å². The fourth-order valence-corrected chi connectivity index (χ4v) is 2.44. The van der Waals surface area contributed by atoms with Crippen molar-refractivity contribution in [1.29, 1.82) is 0 Å². The molecule has 1 aliphatic heterocycles. The summed E-state index contributed by atoms with van der Waals surface area (Å²) >= 11 is 0. The monoisotopic (exact) mass is 365 g/mol. The number of rotatable bonds is 7.